The van der Waals surface area contributed by atoms with E-state index >= 15 is 0 Å². The SMILES string of the molecule is Cc1cc(N)cc(C)c1Cc1ccc(CCCCCCCCCCCCCCCCCc2ccc(Cc3c(C)cc(N)cc3C)cc2)cc1. The van der Waals surface area contributed by atoms with Gasteiger partial charge in [0.1, 0.15) is 0 Å². The molecule has 0 aliphatic carbocycles. The van der Waals surface area contributed by atoms with Crippen LogP contribution in [-0.2, 0) is 25.7 Å². The van der Waals surface area contributed by atoms with Crippen molar-refractivity contribution >= 4 is 11.4 Å². The summed E-state index contributed by atoms with van der Waals surface area (Å²) >= 11 is 0. The van der Waals surface area contributed by atoms with E-state index < -0.39 is 0 Å². The van der Waals surface area contributed by atoms with E-state index in [1.807, 2.05) is 0 Å². The number of benzene rings is 4. The van der Waals surface area contributed by atoms with Crippen molar-refractivity contribution in [3.8, 4) is 0 Å². The lowest BCUT2D eigenvalue weighted by molar-refractivity contribution is 0.530. The first-order chi connectivity index (χ1) is 23.8. The Hall–Kier alpha value is -3.52. The first-order valence-corrected chi connectivity index (χ1v) is 19.7. The van der Waals surface area contributed by atoms with Crippen LogP contribution in [0.3, 0.4) is 0 Å². The molecule has 0 fully saturated rings. The number of anilines is 2. The predicted molar refractivity (Wildman–Crippen MR) is 216 cm³/mol. The molecule has 0 aromatic heterocycles. The molecule has 2 heteroatoms. The molecule has 0 saturated carbocycles. The molecular formula is C47H66N2. The Morgan fingerprint density at radius 2 is 0.551 bits per heavy atom. The number of rotatable bonds is 22. The fourth-order valence-electron chi connectivity index (χ4n) is 7.62. The maximum absolute atomic E-state index is 6.00. The highest BCUT2D eigenvalue weighted by molar-refractivity contribution is 5.51. The number of hydrogen-bond acceptors (Lipinski definition) is 2. The molecule has 4 rings (SSSR count). The minimum atomic E-state index is 0.864. The second kappa shape index (κ2) is 20.9. The van der Waals surface area contributed by atoms with Gasteiger partial charge in [0.15, 0.2) is 0 Å². The molecule has 4 N–H and O–H groups in total. The van der Waals surface area contributed by atoms with E-state index in [0.717, 1.165) is 24.2 Å². The van der Waals surface area contributed by atoms with Gasteiger partial charge in [-0.15, -0.1) is 0 Å². The van der Waals surface area contributed by atoms with Crippen LogP contribution in [0.4, 0.5) is 11.4 Å². The summed E-state index contributed by atoms with van der Waals surface area (Å²) in [5, 5.41) is 0. The Labute approximate surface area is 300 Å². The van der Waals surface area contributed by atoms with Gasteiger partial charge in [0.05, 0.1) is 0 Å². The van der Waals surface area contributed by atoms with Crippen LogP contribution in [-0.4, -0.2) is 0 Å². The van der Waals surface area contributed by atoms with Crippen LogP contribution in [0.15, 0.2) is 72.8 Å². The van der Waals surface area contributed by atoms with E-state index in [1.54, 1.807) is 0 Å². The second-order valence-electron chi connectivity index (χ2n) is 15.1. The van der Waals surface area contributed by atoms with Crippen LogP contribution in [0.25, 0.3) is 0 Å². The number of hydrogen-bond donors (Lipinski definition) is 2. The Kier molecular flexibility index (Phi) is 16.3. The fourth-order valence-corrected chi connectivity index (χ4v) is 7.62. The number of unbranched alkanes of at least 4 members (excludes halogenated alkanes) is 14. The third kappa shape index (κ3) is 13.7. The molecule has 0 heterocycles. The average molecular weight is 659 g/mol. The predicted octanol–water partition coefficient (Wildman–Crippen LogP) is 12.9. The van der Waals surface area contributed by atoms with Gasteiger partial charge in [-0.3, -0.25) is 0 Å². The highest BCUT2D eigenvalue weighted by atomic mass is 14.5. The molecule has 4 aromatic rings. The summed E-state index contributed by atoms with van der Waals surface area (Å²) in [6.07, 6.45) is 25.3. The van der Waals surface area contributed by atoms with Crippen LogP contribution >= 0.6 is 0 Å². The van der Waals surface area contributed by atoms with Gasteiger partial charge in [0.25, 0.3) is 0 Å². The molecule has 2 nitrogen and oxygen atoms in total. The Morgan fingerprint density at radius 3 is 0.816 bits per heavy atom. The van der Waals surface area contributed by atoms with E-state index in [4.69, 9.17) is 11.5 Å². The molecule has 0 radical (unpaired) electrons. The summed E-state index contributed by atoms with van der Waals surface area (Å²) in [7, 11) is 0. The van der Waals surface area contributed by atoms with Crippen molar-refractivity contribution in [2.24, 2.45) is 0 Å². The van der Waals surface area contributed by atoms with E-state index in [2.05, 4.69) is 100 Å². The molecule has 49 heavy (non-hydrogen) atoms. The molecule has 0 unspecified atom stereocenters. The molecule has 4 aromatic carbocycles. The largest absolute Gasteiger partial charge is 0.399 e. The standard InChI is InChI=1S/C47H66N2/c1-36-30-44(48)31-37(2)46(36)34-42-26-22-40(23-27-42)20-18-16-14-12-10-8-6-5-7-9-11-13-15-17-19-21-41-24-28-43(29-25-41)35-47-38(3)32-45(49)33-39(47)4/h22-33H,5-21,34-35,48-49H2,1-4H3. The first kappa shape index (κ1) is 38.3. The van der Waals surface area contributed by atoms with Crippen molar-refractivity contribution in [2.45, 2.75) is 150 Å². The lowest BCUT2D eigenvalue weighted by atomic mass is 9.94. The van der Waals surface area contributed by atoms with Crippen LogP contribution < -0.4 is 11.5 Å². The third-order valence-electron chi connectivity index (χ3n) is 10.7. The number of aryl methyl sites for hydroxylation is 6. The third-order valence-corrected chi connectivity index (χ3v) is 10.7. The normalized spacial score (nSPS) is 11.3. The molecule has 0 amide bonds. The zero-order chi connectivity index (χ0) is 34.8. The lowest BCUT2D eigenvalue weighted by Crippen LogP contribution is -1.98. The highest BCUT2D eigenvalue weighted by Crippen LogP contribution is 2.24. The van der Waals surface area contributed by atoms with E-state index in [0.29, 0.717) is 0 Å². The summed E-state index contributed by atoms with van der Waals surface area (Å²) in [4.78, 5) is 0. The molecular weight excluding hydrogens is 593 g/mol. The summed E-state index contributed by atoms with van der Waals surface area (Å²) < 4.78 is 0. The smallest absolute Gasteiger partial charge is 0.0319 e. The summed E-state index contributed by atoms with van der Waals surface area (Å²) in [5.41, 5.74) is 27.5. The Morgan fingerprint density at radius 1 is 0.327 bits per heavy atom. The van der Waals surface area contributed by atoms with Gasteiger partial charge in [-0.1, -0.05) is 132 Å². The van der Waals surface area contributed by atoms with Gasteiger partial charge in [-0.2, -0.15) is 0 Å². The molecule has 0 aliphatic heterocycles. The molecule has 0 bridgehead atoms. The van der Waals surface area contributed by atoms with E-state index in [-0.39, 0.29) is 0 Å². The Bertz CT molecular complexity index is 1370. The van der Waals surface area contributed by atoms with E-state index in [9.17, 15) is 0 Å². The summed E-state index contributed by atoms with van der Waals surface area (Å²) in [6, 6.07) is 27.0. The maximum Gasteiger partial charge on any atom is 0.0319 e. The molecule has 0 aliphatic rings. The van der Waals surface area contributed by atoms with Crippen molar-refractivity contribution in [1.29, 1.82) is 0 Å². The van der Waals surface area contributed by atoms with Crippen LogP contribution in [0.1, 0.15) is 152 Å². The van der Waals surface area contributed by atoms with Crippen LogP contribution in [0, 0.1) is 27.7 Å². The minimum Gasteiger partial charge on any atom is -0.399 e. The molecule has 0 spiro atoms. The Balaban J connectivity index is 0.920. The summed E-state index contributed by atoms with van der Waals surface area (Å²) in [6.45, 7) is 8.69. The topological polar surface area (TPSA) is 52.0 Å². The van der Waals surface area contributed by atoms with Gasteiger partial charge in [-0.25, -0.2) is 0 Å². The maximum atomic E-state index is 6.00. The van der Waals surface area contributed by atoms with Crippen molar-refractivity contribution < 1.29 is 0 Å². The summed E-state index contributed by atoms with van der Waals surface area (Å²) in [5.74, 6) is 0. The van der Waals surface area contributed by atoms with E-state index in [1.165, 1.54) is 165 Å². The number of nitrogens with two attached hydrogens (primary N) is 2. The second-order valence-corrected chi connectivity index (χ2v) is 15.1. The van der Waals surface area contributed by atoms with Crippen molar-refractivity contribution in [2.75, 3.05) is 11.5 Å². The van der Waals surface area contributed by atoms with Crippen molar-refractivity contribution in [1.82, 2.24) is 0 Å². The van der Waals surface area contributed by atoms with Crippen molar-refractivity contribution in [3.05, 3.63) is 128 Å². The van der Waals surface area contributed by atoms with Gasteiger partial charge in [-0.05, 0) is 146 Å². The van der Waals surface area contributed by atoms with Gasteiger partial charge in [0, 0.05) is 11.4 Å². The van der Waals surface area contributed by atoms with Crippen molar-refractivity contribution in [3.63, 3.8) is 0 Å². The lowest BCUT2D eigenvalue weighted by Gasteiger charge is -2.12. The zero-order valence-corrected chi connectivity index (χ0v) is 31.5. The number of nitrogen functional groups attached to an aromatic ring is 2. The van der Waals surface area contributed by atoms with Gasteiger partial charge in [0.2, 0.25) is 0 Å². The van der Waals surface area contributed by atoms with Crippen LogP contribution in [0.2, 0.25) is 0 Å². The minimum absolute atomic E-state index is 0.864. The molecule has 0 saturated heterocycles. The van der Waals surface area contributed by atoms with Crippen LogP contribution in [0.5, 0.6) is 0 Å². The quantitative estimate of drug-likeness (QED) is 0.0652. The fraction of sp³-hybridized carbons (Fsp3) is 0.489. The first-order valence-electron chi connectivity index (χ1n) is 19.7. The average Bonchev–Trinajstić information content (AvgIpc) is 3.07. The molecule has 0 atom stereocenters. The monoisotopic (exact) mass is 659 g/mol. The molecule has 264 valence electrons. The highest BCUT2D eigenvalue weighted by Gasteiger charge is 2.07. The zero-order valence-electron chi connectivity index (χ0n) is 31.5. The van der Waals surface area contributed by atoms with Gasteiger partial charge < -0.3 is 11.5 Å². The van der Waals surface area contributed by atoms with Gasteiger partial charge >= 0.3 is 0 Å².